The van der Waals surface area contributed by atoms with Crippen LogP contribution in [0.1, 0.15) is 38.2 Å². The number of rotatable bonds is 5. The van der Waals surface area contributed by atoms with Crippen LogP contribution in [0.4, 0.5) is 5.69 Å². The van der Waals surface area contributed by atoms with Gasteiger partial charge in [-0.25, -0.2) is 0 Å². The second-order valence-corrected chi connectivity index (χ2v) is 6.05. The predicted molar refractivity (Wildman–Crippen MR) is 80.9 cm³/mol. The highest BCUT2D eigenvalue weighted by atomic mass is 35.5. The molecule has 1 aromatic carbocycles. The summed E-state index contributed by atoms with van der Waals surface area (Å²) >= 11 is 6.08. The minimum Gasteiger partial charge on any atom is -0.312 e. The Morgan fingerprint density at radius 1 is 1.40 bits per heavy atom. The first-order valence-electron chi connectivity index (χ1n) is 7.22. The lowest BCUT2D eigenvalue weighted by molar-refractivity contribution is -0.385. The van der Waals surface area contributed by atoms with E-state index in [4.69, 9.17) is 11.6 Å². The number of nitrogens with one attached hydrogen (secondary N) is 1. The van der Waals surface area contributed by atoms with Crippen LogP contribution in [0.15, 0.2) is 18.2 Å². The third-order valence-corrected chi connectivity index (χ3v) is 4.64. The van der Waals surface area contributed by atoms with Gasteiger partial charge in [-0.3, -0.25) is 10.1 Å². The Kier molecular flexibility index (Phi) is 5.38. The van der Waals surface area contributed by atoms with E-state index in [1.165, 1.54) is 31.7 Å². The largest absolute Gasteiger partial charge is 0.312 e. The Morgan fingerprint density at radius 2 is 2.15 bits per heavy atom. The maximum atomic E-state index is 11.0. The fourth-order valence-electron chi connectivity index (χ4n) is 2.97. The zero-order valence-electron chi connectivity index (χ0n) is 11.8. The van der Waals surface area contributed by atoms with E-state index in [-0.39, 0.29) is 10.6 Å². The molecule has 0 bridgehead atoms. The van der Waals surface area contributed by atoms with Crippen molar-refractivity contribution >= 4 is 17.3 Å². The Morgan fingerprint density at radius 3 is 2.85 bits per heavy atom. The predicted octanol–water partition coefficient (Wildman–Crippen LogP) is 4.16. The van der Waals surface area contributed by atoms with Crippen molar-refractivity contribution in [3.63, 3.8) is 0 Å². The number of hydrogen-bond acceptors (Lipinski definition) is 3. The molecule has 1 fully saturated rings. The van der Waals surface area contributed by atoms with Crippen molar-refractivity contribution in [2.75, 3.05) is 6.54 Å². The summed E-state index contributed by atoms with van der Waals surface area (Å²) in [5.41, 5.74) is 0.685. The first-order chi connectivity index (χ1) is 9.59. The Hall–Kier alpha value is -1.13. The van der Waals surface area contributed by atoms with Gasteiger partial charge in [-0.1, -0.05) is 43.9 Å². The summed E-state index contributed by atoms with van der Waals surface area (Å²) in [6, 6.07) is 4.83. The minimum absolute atomic E-state index is 0.0988. The number of hydrogen-bond donors (Lipinski definition) is 1. The molecule has 5 heteroatoms. The highest BCUT2D eigenvalue weighted by Gasteiger charge is 2.21. The van der Waals surface area contributed by atoms with Crippen LogP contribution in [0.5, 0.6) is 0 Å². The molecule has 1 saturated carbocycles. The lowest BCUT2D eigenvalue weighted by Gasteiger charge is -2.28. The van der Waals surface area contributed by atoms with Gasteiger partial charge in [0.05, 0.1) is 15.5 Å². The van der Waals surface area contributed by atoms with E-state index in [9.17, 15) is 10.1 Å². The summed E-state index contributed by atoms with van der Waals surface area (Å²) < 4.78 is 0. The molecule has 0 radical (unpaired) electrons. The highest BCUT2D eigenvalue weighted by Crippen LogP contribution is 2.30. The lowest BCUT2D eigenvalue weighted by Crippen LogP contribution is -2.29. The first-order valence-corrected chi connectivity index (χ1v) is 7.60. The van der Waals surface area contributed by atoms with Gasteiger partial charge >= 0.3 is 0 Å². The first kappa shape index (κ1) is 15.3. The van der Waals surface area contributed by atoms with E-state index in [0.29, 0.717) is 23.0 Å². The normalized spacial score (nSPS) is 22.7. The molecule has 4 nitrogen and oxygen atoms in total. The smallest absolute Gasteiger partial charge is 0.275 e. The highest BCUT2D eigenvalue weighted by molar-refractivity contribution is 6.31. The molecule has 1 aliphatic carbocycles. The van der Waals surface area contributed by atoms with E-state index in [1.807, 2.05) is 0 Å². The molecule has 1 aliphatic rings. The number of nitrogens with zero attached hydrogens (tertiary/aromatic N) is 1. The molecule has 2 rings (SSSR count). The van der Waals surface area contributed by atoms with Gasteiger partial charge in [-0.15, -0.1) is 0 Å². The van der Waals surface area contributed by atoms with Crippen molar-refractivity contribution < 1.29 is 4.92 Å². The van der Waals surface area contributed by atoms with Crippen LogP contribution in [0.3, 0.4) is 0 Å². The molecule has 1 aromatic rings. The third-order valence-electron chi connectivity index (χ3n) is 4.29. The van der Waals surface area contributed by atoms with E-state index < -0.39 is 0 Å². The average Bonchev–Trinajstić information content (AvgIpc) is 2.42. The summed E-state index contributed by atoms with van der Waals surface area (Å²) in [7, 11) is 0. The Bertz CT molecular complexity index is 479. The van der Waals surface area contributed by atoms with Gasteiger partial charge in [-0.2, -0.15) is 0 Å². The van der Waals surface area contributed by atoms with Crippen LogP contribution in [0.25, 0.3) is 0 Å². The SMILES string of the molecule is CC1CCCCC1CNCc1c(Cl)cccc1[N+](=O)[O-]. The summed E-state index contributed by atoms with van der Waals surface area (Å²) in [5.74, 6) is 1.41. The van der Waals surface area contributed by atoms with Crippen LogP contribution >= 0.6 is 11.6 Å². The second kappa shape index (κ2) is 7.04. The average molecular weight is 297 g/mol. The zero-order chi connectivity index (χ0) is 14.5. The van der Waals surface area contributed by atoms with Crippen molar-refractivity contribution in [1.82, 2.24) is 5.32 Å². The molecule has 0 aromatic heterocycles. The fraction of sp³-hybridized carbons (Fsp3) is 0.600. The van der Waals surface area contributed by atoms with Crippen molar-refractivity contribution in [2.24, 2.45) is 11.8 Å². The zero-order valence-corrected chi connectivity index (χ0v) is 12.5. The molecular formula is C15H21ClN2O2. The van der Waals surface area contributed by atoms with Gasteiger partial charge in [0, 0.05) is 12.6 Å². The molecule has 0 amide bonds. The summed E-state index contributed by atoms with van der Waals surface area (Å²) in [4.78, 5) is 10.6. The monoisotopic (exact) mass is 296 g/mol. The van der Waals surface area contributed by atoms with Crippen LogP contribution in [0, 0.1) is 22.0 Å². The molecule has 20 heavy (non-hydrogen) atoms. The number of benzene rings is 1. The Balaban J connectivity index is 1.95. The molecule has 0 saturated heterocycles. The van der Waals surface area contributed by atoms with E-state index in [1.54, 1.807) is 12.1 Å². The molecular weight excluding hydrogens is 276 g/mol. The summed E-state index contributed by atoms with van der Waals surface area (Å²) in [5, 5.41) is 14.8. The van der Waals surface area contributed by atoms with Crippen molar-refractivity contribution in [2.45, 2.75) is 39.2 Å². The van der Waals surface area contributed by atoms with Gasteiger partial charge < -0.3 is 5.32 Å². The van der Waals surface area contributed by atoms with Crippen LogP contribution in [0.2, 0.25) is 5.02 Å². The Labute approximate surface area is 124 Å². The minimum atomic E-state index is -0.369. The molecule has 0 spiro atoms. The lowest BCUT2D eigenvalue weighted by atomic mass is 9.80. The number of nitro benzene ring substituents is 1. The molecule has 2 unspecified atom stereocenters. The molecule has 2 atom stereocenters. The van der Waals surface area contributed by atoms with Gasteiger partial charge in [0.25, 0.3) is 5.69 Å². The fourth-order valence-corrected chi connectivity index (χ4v) is 3.21. The molecule has 1 N–H and O–H groups in total. The van der Waals surface area contributed by atoms with Gasteiger partial charge in [-0.05, 0) is 30.9 Å². The number of halogens is 1. The quantitative estimate of drug-likeness (QED) is 0.655. The van der Waals surface area contributed by atoms with Gasteiger partial charge in [0.15, 0.2) is 0 Å². The summed E-state index contributed by atoms with van der Waals surface area (Å²) in [6.07, 6.45) is 5.16. The maximum absolute atomic E-state index is 11.0. The molecule has 110 valence electrons. The third kappa shape index (κ3) is 3.70. The standard InChI is InChI=1S/C15H21ClN2O2/c1-11-5-2-3-6-12(11)9-17-10-13-14(16)7-4-8-15(13)18(19)20/h4,7-8,11-12,17H,2-3,5-6,9-10H2,1H3. The van der Waals surface area contributed by atoms with Crippen LogP contribution in [-0.4, -0.2) is 11.5 Å². The molecule has 0 heterocycles. The number of nitro groups is 1. The van der Waals surface area contributed by atoms with Crippen LogP contribution in [-0.2, 0) is 6.54 Å². The van der Waals surface area contributed by atoms with Crippen molar-refractivity contribution in [3.05, 3.63) is 38.9 Å². The summed E-state index contributed by atoms with van der Waals surface area (Å²) in [6.45, 7) is 3.66. The van der Waals surface area contributed by atoms with Gasteiger partial charge in [0.2, 0.25) is 0 Å². The van der Waals surface area contributed by atoms with Gasteiger partial charge in [0.1, 0.15) is 0 Å². The second-order valence-electron chi connectivity index (χ2n) is 5.65. The van der Waals surface area contributed by atoms with E-state index in [0.717, 1.165) is 12.5 Å². The van der Waals surface area contributed by atoms with E-state index >= 15 is 0 Å². The van der Waals surface area contributed by atoms with Crippen molar-refractivity contribution in [3.8, 4) is 0 Å². The topological polar surface area (TPSA) is 55.2 Å². The van der Waals surface area contributed by atoms with Crippen LogP contribution < -0.4 is 5.32 Å². The maximum Gasteiger partial charge on any atom is 0.275 e. The molecule has 0 aliphatic heterocycles. The van der Waals surface area contributed by atoms with Crippen molar-refractivity contribution in [1.29, 1.82) is 0 Å². The van der Waals surface area contributed by atoms with E-state index in [2.05, 4.69) is 12.2 Å².